The highest BCUT2D eigenvalue weighted by Gasteiger charge is 2.18. The molecule has 1 aromatic rings. The van der Waals surface area contributed by atoms with E-state index >= 15 is 0 Å². The Morgan fingerprint density at radius 1 is 1.47 bits per heavy atom. The molecule has 0 aliphatic carbocycles. The van der Waals surface area contributed by atoms with Gasteiger partial charge in [0.1, 0.15) is 0 Å². The number of anilines is 2. The summed E-state index contributed by atoms with van der Waals surface area (Å²) in [6, 6.07) is 0. The van der Waals surface area contributed by atoms with E-state index in [2.05, 4.69) is 20.9 Å². The van der Waals surface area contributed by atoms with E-state index in [1.807, 2.05) is 4.90 Å². The number of morpholine rings is 1. The Kier molecular flexibility index (Phi) is 3.71. The highest BCUT2D eigenvalue weighted by molar-refractivity contribution is 7.80. The first-order valence-electron chi connectivity index (χ1n) is 5.24. The van der Waals surface area contributed by atoms with Gasteiger partial charge >= 0.3 is 0 Å². The molecule has 1 aliphatic rings. The second-order valence-electron chi connectivity index (χ2n) is 3.46. The minimum Gasteiger partial charge on any atom is -0.378 e. The maximum absolute atomic E-state index is 5.76. The Balaban J connectivity index is 2.14. The lowest BCUT2D eigenvalue weighted by Gasteiger charge is -2.25. The Bertz CT molecular complexity index is 401. The zero-order valence-electron chi connectivity index (χ0n) is 9.51. The van der Waals surface area contributed by atoms with Gasteiger partial charge in [-0.1, -0.05) is 0 Å². The molecule has 94 valence electrons. The number of hydrogen-bond acceptors (Lipinski definition) is 7. The van der Waals surface area contributed by atoms with Crippen molar-refractivity contribution in [3.8, 4) is 0 Å². The fourth-order valence-corrected chi connectivity index (χ4v) is 1.76. The zero-order valence-corrected chi connectivity index (χ0v) is 10.3. The fraction of sp³-hybridized carbons (Fsp3) is 0.625. The van der Waals surface area contributed by atoms with Gasteiger partial charge in [0.15, 0.2) is 0 Å². The highest BCUT2D eigenvalue weighted by atomic mass is 32.1. The van der Waals surface area contributed by atoms with Crippen LogP contribution in [0, 0.1) is 0 Å². The maximum atomic E-state index is 5.76. The van der Waals surface area contributed by atoms with E-state index in [4.69, 9.17) is 22.7 Å². The molecule has 9 heteroatoms. The number of rotatable bonds is 2. The van der Waals surface area contributed by atoms with E-state index in [9.17, 15) is 0 Å². The van der Waals surface area contributed by atoms with Gasteiger partial charge in [0, 0.05) is 20.1 Å². The summed E-state index contributed by atoms with van der Waals surface area (Å²) in [5, 5.41) is 4.62. The van der Waals surface area contributed by atoms with Gasteiger partial charge in [-0.15, -0.1) is 5.10 Å². The number of nitrogens with two attached hydrogens (primary N) is 1. The smallest absolute Gasteiger partial charge is 0.247 e. The molecule has 1 saturated heterocycles. The van der Waals surface area contributed by atoms with Gasteiger partial charge < -0.3 is 15.4 Å². The topological polar surface area (TPSA) is 93.3 Å². The van der Waals surface area contributed by atoms with Crippen LogP contribution in [-0.4, -0.2) is 53.2 Å². The Morgan fingerprint density at radius 2 is 2.18 bits per heavy atom. The van der Waals surface area contributed by atoms with E-state index in [0.29, 0.717) is 24.3 Å². The van der Waals surface area contributed by atoms with Crippen molar-refractivity contribution in [2.75, 3.05) is 44.0 Å². The van der Waals surface area contributed by atoms with Crippen molar-refractivity contribution in [1.29, 1.82) is 0 Å². The molecule has 4 N–H and O–H groups in total. The van der Waals surface area contributed by atoms with Gasteiger partial charge in [-0.05, 0) is 12.2 Å². The van der Waals surface area contributed by atoms with Crippen LogP contribution in [0.4, 0.5) is 11.9 Å². The lowest BCUT2D eigenvalue weighted by molar-refractivity contribution is 0.122. The zero-order chi connectivity index (χ0) is 12.3. The largest absolute Gasteiger partial charge is 0.378 e. The number of nitrogens with one attached hydrogen (secondary N) is 2. The summed E-state index contributed by atoms with van der Waals surface area (Å²) >= 11 is 5.09. The van der Waals surface area contributed by atoms with Crippen LogP contribution in [0.1, 0.15) is 0 Å². The molecular formula is C8H15N7OS. The normalized spacial score (nSPS) is 15.9. The van der Waals surface area contributed by atoms with E-state index in [0.717, 1.165) is 13.1 Å². The number of hydrogen-bond donors (Lipinski definition) is 3. The van der Waals surface area contributed by atoms with Crippen LogP contribution in [0.15, 0.2) is 0 Å². The van der Waals surface area contributed by atoms with Crippen LogP contribution in [0.3, 0.4) is 0 Å². The lowest BCUT2D eigenvalue weighted by atomic mass is 10.4. The van der Waals surface area contributed by atoms with Crippen molar-refractivity contribution in [3.05, 3.63) is 0 Å². The van der Waals surface area contributed by atoms with Gasteiger partial charge in [0.05, 0.1) is 13.2 Å². The molecule has 0 radical (unpaired) electrons. The summed E-state index contributed by atoms with van der Waals surface area (Å²) in [7, 11) is 1.71. The summed E-state index contributed by atoms with van der Waals surface area (Å²) in [5.74, 6) is 0.838. The summed E-state index contributed by atoms with van der Waals surface area (Å²) in [6.07, 6.45) is 0. The van der Waals surface area contributed by atoms with Gasteiger partial charge in [-0.25, -0.2) is 5.43 Å². The molecule has 2 heterocycles. The van der Waals surface area contributed by atoms with Crippen LogP contribution in [-0.2, 0) is 4.74 Å². The van der Waals surface area contributed by atoms with Crippen LogP contribution in [0.2, 0.25) is 0 Å². The first kappa shape index (κ1) is 12.0. The quantitative estimate of drug-likeness (QED) is 0.438. The predicted molar refractivity (Wildman–Crippen MR) is 67.7 cm³/mol. The molecule has 2 rings (SSSR count). The molecule has 1 aliphatic heterocycles. The summed E-state index contributed by atoms with van der Waals surface area (Å²) in [4.78, 5) is 6.19. The molecule has 0 aromatic carbocycles. The van der Waals surface area contributed by atoms with E-state index < -0.39 is 0 Å². The number of nitrogens with zero attached hydrogens (tertiary/aromatic N) is 4. The van der Waals surface area contributed by atoms with Crippen molar-refractivity contribution in [2.24, 2.45) is 0 Å². The van der Waals surface area contributed by atoms with Crippen LogP contribution >= 0.6 is 12.2 Å². The van der Waals surface area contributed by atoms with Crippen LogP contribution < -0.4 is 21.5 Å². The average Bonchev–Trinajstić information content (AvgIpc) is 2.73. The molecule has 0 bridgehead atoms. The van der Waals surface area contributed by atoms with E-state index in [-0.39, 0.29) is 5.95 Å². The van der Waals surface area contributed by atoms with Crippen molar-refractivity contribution in [2.45, 2.75) is 0 Å². The predicted octanol–water partition coefficient (Wildman–Crippen LogP) is -1.45. The number of aromatic nitrogens is 3. The molecule has 0 spiro atoms. The van der Waals surface area contributed by atoms with Crippen molar-refractivity contribution >= 4 is 29.2 Å². The van der Waals surface area contributed by atoms with Gasteiger partial charge in [-0.2, -0.15) is 9.67 Å². The van der Waals surface area contributed by atoms with Crippen molar-refractivity contribution in [1.82, 2.24) is 25.6 Å². The molecule has 0 saturated carbocycles. The number of thiocarbonyl (C=S) groups is 1. The molecule has 1 aromatic heterocycles. The number of ether oxygens (including phenoxy) is 1. The summed E-state index contributed by atoms with van der Waals surface area (Å²) < 4.78 is 6.65. The van der Waals surface area contributed by atoms with Gasteiger partial charge in [0.2, 0.25) is 17.0 Å². The average molecular weight is 257 g/mol. The minimum atomic E-state index is 0.263. The lowest BCUT2D eigenvalue weighted by Crippen LogP contribution is -2.39. The minimum absolute atomic E-state index is 0.263. The van der Waals surface area contributed by atoms with Crippen LogP contribution in [0.5, 0.6) is 0 Å². The monoisotopic (exact) mass is 257 g/mol. The standard InChI is InChI=1S/C8H15N7OS/c1-10-12-8(17)15-6(9)11-7(13-15)14-2-4-16-5-3-14/h10H,2-5H2,1H3,(H,12,17)(H2,9,11,13). The van der Waals surface area contributed by atoms with Crippen LogP contribution in [0.25, 0.3) is 0 Å². The second-order valence-corrected chi connectivity index (χ2v) is 3.85. The fourth-order valence-electron chi connectivity index (χ4n) is 1.52. The Labute approximate surface area is 104 Å². The van der Waals surface area contributed by atoms with E-state index in [1.54, 1.807) is 7.05 Å². The molecule has 1 fully saturated rings. The molecular weight excluding hydrogens is 242 g/mol. The first-order valence-corrected chi connectivity index (χ1v) is 5.65. The third-order valence-electron chi connectivity index (χ3n) is 2.34. The Morgan fingerprint density at radius 3 is 2.82 bits per heavy atom. The third kappa shape index (κ3) is 2.62. The summed E-state index contributed by atoms with van der Waals surface area (Å²) in [5.41, 5.74) is 11.2. The second kappa shape index (κ2) is 5.25. The molecule has 0 amide bonds. The van der Waals surface area contributed by atoms with Crippen molar-refractivity contribution in [3.63, 3.8) is 0 Å². The molecule has 0 atom stereocenters. The maximum Gasteiger partial charge on any atom is 0.247 e. The van der Waals surface area contributed by atoms with Crippen molar-refractivity contribution < 1.29 is 4.74 Å². The number of hydrazine groups is 1. The molecule has 0 unspecified atom stereocenters. The first-order chi connectivity index (χ1) is 8.22. The summed E-state index contributed by atoms with van der Waals surface area (Å²) in [6.45, 7) is 2.87. The number of nitrogen functional groups attached to an aromatic ring is 1. The Hall–Kier alpha value is -1.45. The molecule has 8 nitrogen and oxygen atoms in total. The highest BCUT2D eigenvalue weighted by Crippen LogP contribution is 2.12. The van der Waals surface area contributed by atoms with Gasteiger partial charge in [-0.3, -0.25) is 5.43 Å². The van der Waals surface area contributed by atoms with Gasteiger partial charge in [0.25, 0.3) is 0 Å². The third-order valence-corrected chi connectivity index (χ3v) is 2.61. The molecule has 17 heavy (non-hydrogen) atoms. The SMILES string of the molecule is CNNC(=S)n1nc(N2CCOCC2)nc1N. The van der Waals surface area contributed by atoms with E-state index in [1.165, 1.54) is 4.68 Å².